The molecule has 2 rings (SSSR count). The molecule has 0 radical (unpaired) electrons. The quantitative estimate of drug-likeness (QED) is 0.818. The first kappa shape index (κ1) is 17.2. The molecule has 114 valence electrons. The van der Waals surface area contributed by atoms with E-state index in [1.165, 1.54) is 0 Å². The van der Waals surface area contributed by atoms with Crippen molar-refractivity contribution in [1.29, 1.82) is 0 Å². The second-order valence-corrected chi connectivity index (χ2v) is 7.18. The average molecular weight is 312 g/mol. The van der Waals surface area contributed by atoms with Crippen molar-refractivity contribution in [1.82, 2.24) is 14.3 Å². The Morgan fingerprint density at radius 3 is 2.47 bits per heavy atom. The first-order valence-corrected chi connectivity index (χ1v) is 8.52. The Kier molecular flexibility index (Phi) is 7.04. The molecule has 0 aromatic carbocycles. The van der Waals surface area contributed by atoms with Crippen LogP contribution < -0.4 is 10.0 Å². The fraction of sp³-hybridized carbons (Fsp3) is 1.00. The van der Waals surface area contributed by atoms with Crippen LogP contribution in [-0.2, 0) is 10.2 Å². The van der Waals surface area contributed by atoms with Gasteiger partial charge in [0.1, 0.15) is 0 Å². The van der Waals surface area contributed by atoms with Crippen molar-refractivity contribution in [2.75, 3.05) is 26.2 Å². The van der Waals surface area contributed by atoms with Crippen molar-refractivity contribution in [3.8, 4) is 0 Å². The third-order valence-corrected chi connectivity index (χ3v) is 5.75. The molecule has 5 nitrogen and oxygen atoms in total. The highest BCUT2D eigenvalue weighted by atomic mass is 35.5. The van der Waals surface area contributed by atoms with Crippen molar-refractivity contribution in [2.24, 2.45) is 5.92 Å². The van der Waals surface area contributed by atoms with Crippen LogP contribution in [-0.4, -0.2) is 44.9 Å². The summed E-state index contributed by atoms with van der Waals surface area (Å²) in [5.74, 6) is 0.415. The first-order valence-electron chi connectivity index (χ1n) is 7.08. The van der Waals surface area contributed by atoms with Crippen LogP contribution in [0.5, 0.6) is 0 Å². The molecular weight excluding hydrogens is 286 g/mol. The van der Waals surface area contributed by atoms with Crippen molar-refractivity contribution in [2.45, 2.75) is 45.1 Å². The van der Waals surface area contributed by atoms with E-state index in [0.717, 1.165) is 45.2 Å². The predicted molar refractivity (Wildman–Crippen MR) is 79.8 cm³/mol. The fourth-order valence-electron chi connectivity index (χ4n) is 2.82. The summed E-state index contributed by atoms with van der Waals surface area (Å²) in [6.45, 7) is 5.31. The van der Waals surface area contributed by atoms with E-state index in [9.17, 15) is 8.42 Å². The molecule has 2 saturated heterocycles. The Morgan fingerprint density at radius 2 is 1.89 bits per heavy atom. The highest BCUT2D eigenvalue weighted by molar-refractivity contribution is 7.87. The minimum atomic E-state index is -3.28. The lowest BCUT2D eigenvalue weighted by molar-refractivity contribution is 0.303. The molecule has 0 amide bonds. The molecule has 2 aliphatic heterocycles. The van der Waals surface area contributed by atoms with Crippen molar-refractivity contribution in [3.63, 3.8) is 0 Å². The number of rotatable bonds is 4. The largest absolute Gasteiger partial charge is 0.316 e. The van der Waals surface area contributed by atoms with Crippen molar-refractivity contribution >= 4 is 22.6 Å². The van der Waals surface area contributed by atoms with E-state index < -0.39 is 10.2 Å². The molecule has 0 spiro atoms. The fourth-order valence-corrected chi connectivity index (χ4v) is 4.37. The molecule has 0 saturated carbocycles. The van der Waals surface area contributed by atoms with Crippen LogP contribution in [0.3, 0.4) is 0 Å². The summed E-state index contributed by atoms with van der Waals surface area (Å²) in [6, 6.07) is 0.0183. The molecule has 2 aliphatic rings. The topological polar surface area (TPSA) is 61.4 Å². The lowest BCUT2D eigenvalue weighted by Crippen LogP contribution is -2.50. The van der Waals surface area contributed by atoms with Crippen LogP contribution in [0.15, 0.2) is 0 Å². The maximum absolute atomic E-state index is 12.2. The van der Waals surface area contributed by atoms with Crippen LogP contribution in [0.4, 0.5) is 0 Å². The SMILES string of the molecule is CC(NS(=O)(=O)N1CCCCC1)C1CCCNC1.Cl. The predicted octanol–water partition coefficient (Wildman–Crippen LogP) is 1.12. The Bertz CT molecular complexity index is 352. The standard InChI is InChI=1S/C12H25N3O2S.ClH/c1-11(12-6-5-7-13-10-12)14-18(16,17)15-8-3-2-4-9-15;/h11-14H,2-10H2,1H3;1H. The van der Waals surface area contributed by atoms with Gasteiger partial charge in [-0.25, -0.2) is 0 Å². The van der Waals surface area contributed by atoms with Crippen LogP contribution in [0.1, 0.15) is 39.0 Å². The van der Waals surface area contributed by atoms with Crippen LogP contribution in [0.2, 0.25) is 0 Å². The second kappa shape index (κ2) is 7.78. The van der Waals surface area contributed by atoms with Gasteiger partial charge in [0.05, 0.1) is 0 Å². The summed E-state index contributed by atoms with van der Waals surface area (Å²) in [7, 11) is -3.28. The Hall–Kier alpha value is 0.120. The second-order valence-electron chi connectivity index (χ2n) is 5.48. The lowest BCUT2D eigenvalue weighted by atomic mass is 9.94. The zero-order valence-electron chi connectivity index (χ0n) is 11.6. The van der Waals surface area contributed by atoms with Crippen LogP contribution >= 0.6 is 12.4 Å². The smallest absolute Gasteiger partial charge is 0.279 e. The molecule has 2 atom stereocenters. The summed E-state index contributed by atoms with van der Waals surface area (Å²) < 4.78 is 28.9. The van der Waals surface area contributed by atoms with Gasteiger partial charge in [-0.05, 0) is 51.6 Å². The molecule has 7 heteroatoms. The average Bonchev–Trinajstić information content (AvgIpc) is 2.40. The van der Waals surface area contributed by atoms with Gasteiger partial charge >= 0.3 is 0 Å². The van der Waals surface area contributed by atoms with Crippen LogP contribution in [0, 0.1) is 5.92 Å². The highest BCUT2D eigenvalue weighted by Gasteiger charge is 2.28. The normalized spacial score (nSPS) is 27.5. The van der Waals surface area contributed by atoms with Gasteiger partial charge in [-0.15, -0.1) is 12.4 Å². The van der Waals surface area contributed by atoms with E-state index in [-0.39, 0.29) is 18.4 Å². The lowest BCUT2D eigenvalue weighted by Gasteiger charge is -2.32. The minimum Gasteiger partial charge on any atom is -0.316 e. The summed E-state index contributed by atoms with van der Waals surface area (Å²) >= 11 is 0. The zero-order valence-corrected chi connectivity index (χ0v) is 13.2. The third-order valence-electron chi connectivity index (χ3n) is 4.03. The Balaban J connectivity index is 0.00000180. The molecule has 0 bridgehead atoms. The molecule has 0 aromatic rings. The van der Waals surface area contributed by atoms with Gasteiger partial charge in [0.25, 0.3) is 10.2 Å². The van der Waals surface area contributed by atoms with E-state index >= 15 is 0 Å². The molecule has 19 heavy (non-hydrogen) atoms. The van der Waals surface area contributed by atoms with Gasteiger partial charge in [0.2, 0.25) is 0 Å². The number of hydrogen-bond donors (Lipinski definition) is 2. The number of nitrogens with one attached hydrogen (secondary N) is 2. The molecule has 0 aromatic heterocycles. The van der Waals surface area contributed by atoms with Crippen LogP contribution in [0.25, 0.3) is 0 Å². The Labute approximate surface area is 123 Å². The van der Waals surface area contributed by atoms with Gasteiger partial charge in [-0.2, -0.15) is 17.4 Å². The molecule has 2 heterocycles. The van der Waals surface area contributed by atoms with E-state index in [1.807, 2.05) is 6.92 Å². The molecule has 0 aliphatic carbocycles. The summed E-state index contributed by atoms with van der Waals surface area (Å²) in [4.78, 5) is 0. The first-order chi connectivity index (χ1) is 8.59. The minimum absolute atomic E-state index is 0. The van der Waals surface area contributed by atoms with Gasteiger partial charge in [0.15, 0.2) is 0 Å². The maximum atomic E-state index is 12.2. The Morgan fingerprint density at radius 1 is 1.21 bits per heavy atom. The van der Waals surface area contributed by atoms with Crippen molar-refractivity contribution in [3.05, 3.63) is 0 Å². The summed E-state index contributed by atoms with van der Waals surface area (Å²) in [5.41, 5.74) is 0. The van der Waals surface area contributed by atoms with Gasteiger partial charge in [-0.3, -0.25) is 0 Å². The highest BCUT2D eigenvalue weighted by Crippen LogP contribution is 2.17. The third kappa shape index (κ3) is 4.86. The van der Waals surface area contributed by atoms with Gasteiger partial charge in [-0.1, -0.05) is 6.42 Å². The van der Waals surface area contributed by atoms with Gasteiger partial charge in [0, 0.05) is 19.1 Å². The van der Waals surface area contributed by atoms with E-state index in [2.05, 4.69) is 10.0 Å². The van der Waals surface area contributed by atoms with E-state index in [0.29, 0.717) is 19.0 Å². The number of halogens is 1. The summed E-state index contributed by atoms with van der Waals surface area (Å²) in [6.07, 6.45) is 5.37. The monoisotopic (exact) mass is 311 g/mol. The number of hydrogen-bond acceptors (Lipinski definition) is 3. The number of nitrogens with zero attached hydrogens (tertiary/aromatic N) is 1. The maximum Gasteiger partial charge on any atom is 0.279 e. The van der Waals surface area contributed by atoms with E-state index in [1.54, 1.807) is 4.31 Å². The molecule has 2 unspecified atom stereocenters. The molecule has 2 N–H and O–H groups in total. The van der Waals surface area contributed by atoms with Crippen molar-refractivity contribution < 1.29 is 8.42 Å². The molecular formula is C12H26ClN3O2S. The zero-order chi connectivity index (χ0) is 13.0. The molecule has 2 fully saturated rings. The summed E-state index contributed by atoms with van der Waals surface area (Å²) in [5, 5.41) is 3.33. The van der Waals surface area contributed by atoms with E-state index in [4.69, 9.17) is 0 Å². The van der Waals surface area contributed by atoms with Gasteiger partial charge < -0.3 is 5.32 Å². The number of piperidine rings is 2.